The van der Waals surface area contributed by atoms with Crippen LogP contribution in [0.15, 0.2) is 43.0 Å². The molecule has 2 atom stereocenters. The maximum Gasteiger partial charge on any atom is 0.417 e. The fourth-order valence-corrected chi connectivity index (χ4v) is 2.71. The van der Waals surface area contributed by atoms with Gasteiger partial charge in [-0.1, -0.05) is 36.4 Å². The van der Waals surface area contributed by atoms with Gasteiger partial charge < -0.3 is 14.2 Å². The van der Waals surface area contributed by atoms with Crippen molar-refractivity contribution >= 4 is 23.9 Å². The molecule has 31 heavy (non-hydrogen) atoms. The van der Waals surface area contributed by atoms with E-state index in [4.69, 9.17) is 14.2 Å². The van der Waals surface area contributed by atoms with Crippen LogP contribution in [0.4, 0.5) is 4.79 Å². The molecule has 8 nitrogen and oxygen atoms in total. The van der Waals surface area contributed by atoms with Crippen LogP contribution < -0.4 is 0 Å². The second-order valence-electron chi connectivity index (χ2n) is 7.73. The third-order valence-electron chi connectivity index (χ3n) is 3.99. The van der Waals surface area contributed by atoms with E-state index in [1.165, 1.54) is 0 Å². The van der Waals surface area contributed by atoms with Gasteiger partial charge in [-0.2, -0.15) is 0 Å². The molecule has 0 fully saturated rings. The van der Waals surface area contributed by atoms with E-state index in [1.807, 2.05) is 0 Å². The van der Waals surface area contributed by atoms with Crippen LogP contribution >= 0.6 is 0 Å². The van der Waals surface area contributed by atoms with Crippen molar-refractivity contribution < 1.29 is 33.4 Å². The zero-order valence-corrected chi connectivity index (χ0v) is 18.8. The average Bonchev–Trinajstić information content (AvgIpc) is 2.68. The lowest BCUT2D eigenvalue weighted by Gasteiger charge is -2.31. The van der Waals surface area contributed by atoms with Crippen LogP contribution in [0, 0.1) is 0 Å². The summed E-state index contributed by atoms with van der Waals surface area (Å²) >= 11 is 0. The molecule has 1 aromatic rings. The van der Waals surface area contributed by atoms with Gasteiger partial charge in [0, 0.05) is 12.5 Å². The minimum Gasteiger partial charge on any atom is -0.463 e. The maximum atomic E-state index is 13.1. The molecular formula is C23H31NO7. The second-order valence-corrected chi connectivity index (χ2v) is 7.73. The van der Waals surface area contributed by atoms with E-state index in [0.717, 1.165) is 6.92 Å². The van der Waals surface area contributed by atoms with E-state index in [1.54, 1.807) is 64.1 Å². The number of carbonyl (C=O) groups is 4. The Morgan fingerprint density at radius 1 is 1.10 bits per heavy atom. The fourth-order valence-electron chi connectivity index (χ4n) is 2.71. The largest absolute Gasteiger partial charge is 0.463 e. The first kappa shape index (κ1) is 25.9. The molecule has 0 aliphatic heterocycles. The first-order valence-electron chi connectivity index (χ1n) is 10.1. The molecule has 0 heterocycles. The molecule has 1 aromatic carbocycles. The summed E-state index contributed by atoms with van der Waals surface area (Å²) in [6, 6.07) is 7.06. The highest BCUT2D eigenvalue weighted by Crippen LogP contribution is 2.23. The number of ether oxygens (including phenoxy) is 3. The molecular weight excluding hydrogens is 402 g/mol. The zero-order chi connectivity index (χ0) is 23.6. The SMILES string of the molecule is C=CCC[C@H](C(=O)O[C@H](C(=O)OCC)c1ccccc1)N(C(C)=O)C(=O)OC(C)(C)C. The van der Waals surface area contributed by atoms with Crippen LogP contribution in [0.5, 0.6) is 0 Å². The summed E-state index contributed by atoms with van der Waals surface area (Å²) in [6.45, 7) is 11.4. The van der Waals surface area contributed by atoms with Gasteiger partial charge in [-0.05, 0) is 40.5 Å². The number of carbonyl (C=O) groups excluding carboxylic acids is 4. The molecule has 0 saturated heterocycles. The van der Waals surface area contributed by atoms with Gasteiger partial charge in [-0.3, -0.25) is 4.79 Å². The summed E-state index contributed by atoms with van der Waals surface area (Å²) in [5, 5.41) is 0. The molecule has 0 bridgehead atoms. The van der Waals surface area contributed by atoms with Gasteiger partial charge in [-0.25, -0.2) is 19.3 Å². The van der Waals surface area contributed by atoms with E-state index < -0.39 is 41.7 Å². The molecule has 0 N–H and O–H groups in total. The van der Waals surface area contributed by atoms with Crippen molar-refractivity contribution in [3.63, 3.8) is 0 Å². The molecule has 0 unspecified atom stereocenters. The number of nitrogens with zero attached hydrogens (tertiary/aromatic N) is 1. The van der Waals surface area contributed by atoms with Crippen LogP contribution in [0.1, 0.15) is 59.1 Å². The van der Waals surface area contributed by atoms with E-state index in [2.05, 4.69) is 6.58 Å². The number of hydrogen-bond donors (Lipinski definition) is 0. The first-order valence-corrected chi connectivity index (χ1v) is 10.1. The van der Waals surface area contributed by atoms with Gasteiger partial charge in [0.1, 0.15) is 11.6 Å². The van der Waals surface area contributed by atoms with Gasteiger partial charge in [0.25, 0.3) is 0 Å². The van der Waals surface area contributed by atoms with E-state index in [9.17, 15) is 19.2 Å². The Bertz CT molecular complexity index is 783. The van der Waals surface area contributed by atoms with Gasteiger partial charge in [-0.15, -0.1) is 6.58 Å². The number of imide groups is 1. The van der Waals surface area contributed by atoms with Crippen LogP contribution in [0.2, 0.25) is 0 Å². The summed E-state index contributed by atoms with van der Waals surface area (Å²) in [5.74, 6) is -2.37. The highest BCUT2D eigenvalue weighted by Gasteiger charge is 2.39. The number of allylic oxidation sites excluding steroid dienone is 1. The molecule has 0 radical (unpaired) electrons. The van der Waals surface area contributed by atoms with Crippen molar-refractivity contribution in [1.29, 1.82) is 0 Å². The minimum absolute atomic E-state index is 0.0610. The summed E-state index contributed by atoms with van der Waals surface area (Å²) < 4.78 is 15.8. The van der Waals surface area contributed by atoms with Crippen molar-refractivity contribution in [2.75, 3.05) is 6.61 Å². The average molecular weight is 434 g/mol. The third kappa shape index (κ3) is 8.24. The van der Waals surface area contributed by atoms with Crippen molar-refractivity contribution in [3.05, 3.63) is 48.6 Å². The molecule has 0 aromatic heterocycles. The number of esters is 2. The van der Waals surface area contributed by atoms with Gasteiger partial charge in [0.05, 0.1) is 6.61 Å². The normalized spacial score (nSPS) is 12.8. The van der Waals surface area contributed by atoms with Crippen molar-refractivity contribution in [2.45, 2.75) is 65.2 Å². The van der Waals surface area contributed by atoms with Crippen molar-refractivity contribution in [3.8, 4) is 0 Å². The monoisotopic (exact) mass is 433 g/mol. The number of rotatable bonds is 9. The van der Waals surface area contributed by atoms with Crippen LogP contribution in [-0.2, 0) is 28.6 Å². The molecule has 1 rings (SSSR count). The smallest absolute Gasteiger partial charge is 0.417 e. The Hall–Kier alpha value is -3.16. The Balaban J connectivity index is 3.26. The zero-order valence-electron chi connectivity index (χ0n) is 18.8. The molecule has 0 aliphatic carbocycles. The summed E-state index contributed by atoms with van der Waals surface area (Å²) in [7, 11) is 0. The second kappa shape index (κ2) is 11.9. The summed E-state index contributed by atoms with van der Waals surface area (Å²) in [5.41, 5.74) is -0.474. The van der Waals surface area contributed by atoms with Crippen molar-refractivity contribution in [2.24, 2.45) is 0 Å². The number of amides is 2. The lowest BCUT2D eigenvalue weighted by Crippen LogP contribution is -2.50. The Kier molecular flexibility index (Phi) is 9.92. The molecule has 0 aliphatic rings. The predicted octanol–water partition coefficient (Wildman–Crippen LogP) is 3.95. The Labute approximate surface area is 183 Å². The number of benzene rings is 1. The fraction of sp³-hybridized carbons (Fsp3) is 0.478. The first-order chi connectivity index (χ1) is 14.5. The predicted molar refractivity (Wildman–Crippen MR) is 114 cm³/mol. The van der Waals surface area contributed by atoms with Gasteiger partial charge in [0.15, 0.2) is 0 Å². The molecule has 0 spiro atoms. The minimum atomic E-state index is -1.34. The molecule has 0 saturated carbocycles. The van der Waals surface area contributed by atoms with Crippen LogP contribution in [0.3, 0.4) is 0 Å². The van der Waals surface area contributed by atoms with E-state index in [-0.39, 0.29) is 13.0 Å². The Morgan fingerprint density at radius 2 is 1.71 bits per heavy atom. The lowest BCUT2D eigenvalue weighted by atomic mass is 10.1. The topological polar surface area (TPSA) is 99.2 Å². The summed E-state index contributed by atoms with van der Waals surface area (Å²) in [6.07, 6.45) is -0.383. The maximum absolute atomic E-state index is 13.1. The van der Waals surface area contributed by atoms with Gasteiger partial charge in [0.2, 0.25) is 12.0 Å². The van der Waals surface area contributed by atoms with Crippen LogP contribution in [0.25, 0.3) is 0 Å². The highest BCUT2D eigenvalue weighted by molar-refractivity contribution is 5.96. The standard InChI is InChI=1S/C23H31NO7/c1-7-9-15-18(24(16(3)25)22(28)31-23(4,5)6)20(26)30-19(21(27)29-8-2)17-13-11-10-12-14-17/h7,10-14,18-19H,1,8-9,15H2,2-6H3/t18-,19+/m1/s1. The Morgan fingerprint density at radius 3 is 2.19 bits per heavy atom. The van der Waals surface area contributed by atoms with Crippen LogP contribution in [-0.4, -0.2) is 47.1 Å². The molecule has 2 amide bonds. The van der Waals surface area contributed by atoms with E-state index >= 15 is 0 Å². The number of hydrogen-bond acceptors (Lipinski definition) is 7. The summed E-state index contributed by atoms with van der Waals surface area (Å²) in [4.78, 5) is 51.2. The molecule has 170 valence electrons. The third-order valence-corrected chi connectivity index (χ3v) is 3.99. The van der Waals surface area contributed by atoms with E-state index in [0.29, 0.717) is 16.9 Å². The quantitative estimate of drug-likeness (QED) is 0.330. The van der Waals surface area contributed by atoms with Crippen molar-refractivity contribution in [1.82, 2.24) is 4.90 Å². The van der Waals surface area contributed by atoms with Gasteiger partial charge >= 0.3 is 18.0 Å². The highest BCUT2D eigenvalue weighted by atomic mass is 16.6. The lowest BCUT2D eigenvalue weighted by molar-refractivity contribution is -0.172. The molecule has 8 heteroatoms.